The van der Waals surface area contributed by atoms with Gasteiger partial charge in [-0.2, -0.15) is 4.98 Å². The van der Waals surface area contributed by atoms with Gasteiger partial charge < -0.3 is 35.4 Å². The molecule has 0 aliphatic heterocycles. The van der Waals surface area contributed by atoms with Crippen molar-refractivity contribution in [2.45, 2.75) is 51.5 Å². The van der Waals surface area contributed by atoms with Crippen LogP contribution in [0.2, 0.25) is 5.02 Å². The number of aromatic nitrogens is 2. The largest absolute Gasteiger partial charge is 0.627 e. The fraction of sp³-hybridized carbons (Fsp3) is 0.467. The molecule has 1 unspecified atom stereocenters. The van der Waals surface area contributed by atoms with Crippen LogP contribution in [0.3, 0.4) is 0 Å². The fourth-order valence-electron chi connectivity index (χ4n) is 5.14. The molecule has 9 nitrogen and oxygen atoms in total. The molecular formula is C30H42ClN7O2. The predicted molar refractivity (Wildman–Crippen MR) is 167 cm³/mol. The number of hydrogen-bond donors (Lipinski definition) is 3. The maximum absolute atomic E-state index is 13.9. The highest BCUT2D eigenvalue weighted by Crippen LogP contribution is 2.39. The minimum Gasteiger partial charge on any atom is -0.627 e. The summed E-state index contributed by atoms with van der Waals surface area (Å²) < 4.78 is 5.48. The maximum atomic E-state index is 13.9. The van der Waals surface area contributed by atoms with Gasteiger partial charge in [0.25, 0.3) is 0 Å². The minimum atomic E-state index is -0.426. The maximum Gasteiger partial charge on any atom is 0.229 e. The van der Waals surface area contributed by atoms with Crippen LogP contribution in [0, 0.1) is 5.21 Å². The molecule has 1 atom stereocenters. The van der Waals surface area contributed by atoms with Crippen LogP contribution in [0.1, 0.15) is 45.4 Å². The van der Waals surface area contributed by atoms with E-state index in [0.29, 0.717) is 40.5 Å². The Kier molecular flexibility index (Phi) is 10.4. The molecule has 216 valence electrons. The molecule has 0 bridgehead atoms. The van der Waals surface area contributed by atoms with Crippen molar-refractivity contribution < 1.29 is 4.74 Å². The Balaban J connectivity index is 1.52. The SMILES string of the molecule is CCOc1cc(NCCCN(C)C)ccc1Nc1ncc(Cl)c(Nc2ccccc2[N+](C)([O-])C2CCCCC2)n1. The van der Waals surface area contributed by atoms with Gasteiger partial charge >= 0.3 is 0 Å². The summed E-state index contributed by atoms with van der Waals surface area (Å²) in [6, 6.07) is 13.6. The van der Waals surface area contributed by atoms with E-state index >= 15 is 0 Å². The van der Waals surface area contributed by atoms with E-state index in [2.05, 4.69) is 44.9 Å². The van der Waals surface area contributed by atoms with Crippen molar-refractivity contribution in [1.29, 1.82) is 0 Å². The second-order valence-electron chi connectivity index (χ2n) is 10.7. The molecule has 1 aromatic heterocycles. The molecule has 1 fully saturated rings. The number of hydroxylamine groups is 2. The summed E-state index contributed by atoms with van der Waals surface area (Å²) >= 11 is 6.51. The number of ether oxygens (including phenoxy) is 1. The highest BCUT2D eigenvalue weighted by Gasteiger charge is 2.31. The number of para-hydroxylation sites is 2. The normalized spacial score (nSPS) is 15.5. The molecule has 1 aliphatic carbocycles. The van der Waals surface area contributed by atoms with Crippen molar-refractivity contribution in [1.82, 2.24) is 19.5 Å². The first-order chi connectivity index (χ1) is 19.3. The Morgan fingerprint density at radius 1 is 1.07 bits per heavy atom. The van der Waals surface area contributed by atoms with E-state index in [9.17, 15) is 5.21 Å². The molecule has 1 heterocycles. The van der Waals surface area contributed by atoms with Gasteiger partial charge in [0.05, 0.1) is 31.6 Å². The van der Waals surface area contributed by atoms with Gasteiger partial charge in [-0.05, 0) is 65.0 Å². The first-order valence-corrected chi connectivity index (χ1v) is 14.5. The van der Waals surface area contributed by atoms with Crippen molar-refractivity contribution in [3.8, 4) is 5.75 Å². The zero-order valence-electron chi connectivity index (χ0n) is 24.0. The third-order valence-corrected chi connectivity index (χ3v) is 7.57. The van der Waals surface area contributed by atoms with Crippen molar-refractivity contribution in [3.05, 3.63) is 58.9 Å². The van der Waals surface area contributed by atoms with Crippen LogP contribution >= 0.6 is 11.6 Å². The molecule has 0 saturated heterocycles. The van der Waals surface area contributed by atoms with Gasteiger partial charge in [0, 0.05) is 37.2 Å². The molecule has 0 spiro atoms. The van der Waals surface area contributed by atoms with Crippen LogP contribution < -0.4 is 25.3 Å². The highest BCUT2D eigenvalue weighted by molar-refractivity contribution is 6.33. The van der Waals surface area contributed by atoms with Crippen LogP contribution in [0.5, 0.6) is 5.75 Å². The number of benzene rings is 2. The quantitative estimate of drug-likeness (QED) is 0.114. The zero-order valence-corrected chi connectivity index (χ0v) is 24.8. The molecule has 3 aromatic rings. The van der Waals surface area contributed by atoms with Gasteiger partial charge in [-0.3, -0.25) is 0 Å². The van der Waals surface area contributed by atoms with Gasteiger partial charge in [-0.15, -0.1) is 0 Å². The molecule has 0 amide bonds. The number of anilines is 5. The summed E-state index contributed by atoms with van der Waals surface area (Å²) in [6.07, 6.45) is 7.85. The summed E-state index contributed by atoms with van der Waals surface area (Å²) in [5, 5.41) is 24.3. The van der Waals surface area contributed by atoms with E-state index in [1.165, 1.54) is 6.42 Å². The average Bonchev–Trinajstić information content (AvgIpc) is 2.95. The Morgan fingerprint density at radius 3 is 2.60 bits per heavy atom. The van der Waals surface area contributed by atoms with E-state index in [1.54, 1.807) is 13.2 Å². The molecule has 40 heavy (non-hydrogen) atoms. The van der Waals surface area contributed by atoms with Crippen LogP contribution in [0.4, 0.5) is 34.5 Å². The number of halogens is 1. The van der Waals surface area contributed by atoms with E-state index < -0.39 is 4.65 Å². The summed E-state index contributed by atoms with van der Waals surface area (Å²) in [7, 11) is 5.90. The first-order valence-electron chi connectivity index (χ1n) is 14.2. The fourth-order valence-corrected chi connectivity index (χ4v) is 5.28. The first kappa shape index (κ1) is 29.9. The number of rotatable bonds is 13. The highest BCUT2D eigenvalue weighted by atomic mass is 35.5. The molecule has 0 radical (unpaired) electrons. The van der Waals surface area contributed by atoms with Gasteiger partial charge in [-0.1, -0.05) is 30.2 Å². The number of quaternary nitrogens is 1. The molecule has 1 aliphatic rings. The third-order valence-electron chi connectivity index (χ3n) is 7.29. The smallest absolute Gasteiger partial charge is 0.229 e. The summed E-state index contributed by atoms with van der Waals surface area (Å²) in [6.45, 7) is 4.37. The van der Waals surface area contributed by atoms with Crippen molar-refractivity contribution in [2.75, 3.05) is 56.8 Å². The minimum absolute atomic E-state index is 0.0391. The van der Waals surface area contributed by atoms with E-state index in [1.807, 2.05) is 49.4 Å². The molecule has 10 heteroatoms. The lowest BCUT2D eigenvalue weighted by atomic mass is 9.93. The van der Waals surface area contributed by atoms with Crippen LogP contribution in [0.25, 0.3) is 0 Å². The summed E-state index contributed by atoms with van der Waals surface area (Å²) in [4.78, 5) is 11.2. The van der Waals surface area contributed by atoms with Gasteiger partial charge in [0.1, 0.15) is 16.5 Å². The average molecular weight is 568 g/mol. The predicted octanol–water partition coefficient (Wildman–Crippen LogP) is 7.15. The standard InChI is InChI=1S/C30H42ClN7O2/c1-5-40-28-20-22(32-18-11-19-37(2)3)16-17-26(28)35-30-33-21-24(31)29(36-30)34-25-14-9-10-15-27(25)38(4,39)23-12-7-6-8-13-23/h9-10,14-17,20-21,23,32H,5-8,11-13,18-19H2,1-4H3,(H2,33,34,35,36). The lowest BCUT2D eigenvalue weighted by Gasteiger charge is -2.47. The lowest BCUT2D eigenvalue weighted by molar-refractivity contribution is 0.254. The summed E-state index contributed by atoms with van der Waals surface area (Å²) in [5.41, 5.74) is 3.10. The van der Waals surface area contributed by atoms with E-state index in [-0.39, 0.29) is 6.04 Å². The molecule has 4 rings (SSSR count). The Morgan fingerprint density at radius 2 is 1.85 bits per heavy atom. The van der Waals surface area contributed by atoms with Crippen molar-refractivity contribution in [2.24, 2.45) is 0 Å². The van der Waals surface area contributed by atoms with Gasteiger partial charge in [0.15, 0.2) is 11.5 Å². The lowest BCUT2D eigenvalue weighted by Crippen LogP contribution is -2.49. The van der Waals surface area contributed by atoms with Crippen molar-refractivity contribution >= 4 is 46.1 Å². The van der Waals surface area contributed by atoms with Gasteiger partial charge in [-0.25, -0.2) is 4.98 Å². The van der Waals surface area contributed by atoms with E-state index in [4.69, 9.17) is 16.3 Å². The molecule has 1 saturated carbocycles. The molecule has 2 aromatic carbocycles. The summed E-state index contributed by atoms with van der Waals surface area (Å²) in [5.74, 6) is 1.49. The monoisotopic (exact) mass is 567 g/mol. The second kappa shape index (κ2) is 14.0. The zero-order chi connectivity index (χ0) is 28.5. The number of nitrogens with zero attached hydrogens (tertiary/aromatic N) is 4. The topological polar surface area (TPSA) is 97.4 Å². The van der Waals surface area contributed by atoms with Crippen LogP contribution in [-0.2, 0) is 0 Å². The van der Waals surface area contributed by atoms with Crippen LogP contribution in [0.15, 0.2) is 48.7 Å². The van der Waals surface area contributed by atoms with Crippen LogP contribution in [-0.4, -0.2) is 61.7 Å². The van der Waals surface area contributed by atoms with Crippen molar-refractivity contribution in [3.63, 3.8) is 0 Å². The Bertz CT molecular complexity index is 1250. The molecular weight excluding hydrogens is 526 g/mol. The number of hydrogen-bond acceptors (Lipinski definition) is 8. The second-order valence-corrected chi connectivity index (χ2v) is 11.1. The Labute approximate surface area is 243 Å². The van der Waals surface area contributed by atoms with E-state index in [0.717, 1.165) is 56.6 Å². The van der Waals surface area contributed by atoms with Gasteiger partial charge in [0.2, 0.25) is 5.95 Å². The number of nitrogens with one attached hydrogen (secondary N) is 3. The molecule has 3 N–H and O–H groups in total. The Hall–Kier alpha value is -3.11. The third kappa shape index (κ3) is 7.75.